The molecule has 1 aromatic heterocycles. The lowest BCUT2D eigenvalue weighted by molar-refractivity contribution is 0.298. The molecule has 0 unspecified atom stereocenters. The molecule has 30 heavy (non-hydrogen) atoms. The van der Waals surface area contributed by atoms with Crippen molar-refractivity contribution >= 4 is 22.4 Å². The number of aryl methyl sites for hydroxylation is 1. The zero-order valence-corrected chi connectivity index (χ0v) is 17.3. The van der Waals surface area contributed by atoms with Gasteiger partial charge < -0.3 is 0 Å². The summed E-state index contributed by atoms with van der Waals surface area (Å²) >= 11 is 5.99. The largest absolute Gasteiger partial charge is 0.289 e. The molecule has 0 atom stereocenters. The summed E-state index contributed by atoms with van der Waals surface area (Å²) in [5.41, 5.74) is 1.79. The van der Waals surface area contributed by atoms with Crippen LogP contribution in [0.25, 0.3) is 10.8 Å². The van der Waals surface area contributed by atoms with E-state index in [1.54, 1.807) is 0 Å². The summed E-state index contributed by atoms with van der Waals surface area (Å²) < 4.78 is 1.52. The van der Waals surface area contributed by atoms with Crippen LogP contribution in [0, 0.1) is 22.7 Å². The quantitative estimate of drug-likeness (QED) is 0.493. The molecule has 0 saturated carbocycles. The molecule has 0 aliphatic heterocycles. The minimum atomic E-state index is -0.116. The molecule has 0 fully saturated rings. The van der Waals surface area contributed by atoms with Gasteiger partial charge in [0.2, 0.25) is 0 Å². The van der Waals surface area contributed by atoms with Gasteiger partial charge in [-0.2, -0.15) is 15.6 Å². The summed E-state index contributed by atoms with van der Waals surface area (Å²) in [7, 11) is 0. The number of hydrogen-bond donors (Lipinski definition) is 0. The maximum absolute atomic E-state index is 12.9. The topological polar surface area (TPSA) is 85.7 Å². The summed E-state index contributed by atoms with van der Waals surface area (Å²) in [6.45, 7) is 1.89. The fraction of sp³-hybridized carbons (Fsp3) is 0.304. The van der Waals surface area contributed by atoms with E-state index in [0.29, 0.717) is 49.3 Å². The molecule has 2 aromatic carbocycles. The third-order valence-corrected chi connectivity index (χ3v) is 5.16. The second-order valence-corrected chi connectivity index (χ2v) is 7.46. The number of hydrogen-bond acceptors (Lipinski definition) is 5. The number of halogens is 1. The average Bonchev–Trinajstić information content (AvgIpc) is 2.76. The van der Waals surface area contributed by atoms with Crippen molar-refractivity contribution in [2.75, 3.05) is 19.6 Å². The zero-order chi connectivity index (χ0) is 21.3. The molecule has 0 aliphatic carbocycles. The van der Waals surface area contributed by atoms with Crippen LogP contribution in [-0.2, 0) is 13.0 Å². The molecule has 0 amide bonds. The van der Waals surface area contributed by atoms with E-state index < -0.39 is 0 Å². The Hall–Kier alpha value is -3.19. The molecule has 3 rings (SSSR count). The second kappa shape index (κ2) is 10.5. The molecule has 0 saturated heterocycles. The third kappa shape index (κ3) is 5.45. The fourth-order valence-corrected chi connectivity index (χ4v) is 3.53. The molecule has 7 heteroatoms. The Morgan fingerprint density at radius 1 is 1.00 bits per heavy atom. The smallest absolute Gasteiger partial charge is 0.274 e. The van der Waals surface area contributed by atoms with Gasteiger partial charge in [-0.3, -0.25) is 9.69 Å². The lowest BCUT2D eigenvalue weighted by Gasteiger charge is -2.18. The van der Waals surface area contributed by atoms with Crippen molar-refractivity contribution in [3.05, 3.63) is 75.2 Å². The maximum atomic E-state index is 12.9. The Kier molecular flexibility index (Phi) is 7.57. The van der Waals surface area contributed by atoms with Gasteiger partial charge in [0.05, 0.1) is 29.8 Å². The molecule has 0 bridgehead atoms. The maximum Gasteiger partial charge on any atom is 0.274 e. The lowest BCUT2D eigenvalue weighted by atomic mass is 10.0. The molecule has 6 nitrogen and oxygen atoms in total. The van der Waals surface area contributed by atoms with Gasteiger partial charge in [-0.25, -0.2) is 4.68 Å². The van der Waals surface area contributed by atoms with Crippen molar-refractivity contribution in [3.63, 3.8) is 0 Å². The van der Waals surface area contributed by atoms with E-state index in [0.717, 1.165) is 16.6 Å². The van der Waals surface area contributed by atoms with Gasteiger partial charge in [0, 0.05) is 42.9 Å². The zero-order valence-electron chi connectivity index (χ0n) is 16.6. The van der Waals surface area contributed by atoms with Crippen molar-refractivity contribution < 1.29 is 0 Å². The van der Waals surface area contributed by atoms with E-state index in [1.807, 2.05) is 53.4 Å². The van der Waals surface area contributed by atoms with Gasteiger partial charge in [0.25, 0.3) is 5.56 Å². The highest BCUT2D eigenvalue weighted by atomic mass is 35.5. The third-order valence-electron chi connectivity index (χ3n) is 4.91. The summed E-state index contributed by atoms with van der Waals surface area (Å²) in [6, 6.07) is 19.4. The van der Waals surface area contributed by atoms with Crippen LogP contribution in [0.15, 0.2) is 53.3 Å². The number of nitrogens with zero attached hydrogens (tertiary/aromatic N) is 5. The Bertz CT molecular complexity index is 1140. The van der Waals surface area contributed by atoms with E-state index in [9.17, 15) is 4.79 Å². The molecular weight excluding hydrogens is 398 g/mol. The van der Waals surface area contributed by atoms with Gasteiger partial charge >= 0.3 is 0 Å². The number of nitriles is 2. The first-order valence-corrected chi connectivity index (χ1v) is 10.2. The van der Waals surface area contributed by atoms with E-state index in [1.165, 1.54) is 4.68 Å². The molecule has 0 radical (unpaired) electrons. The highest BCUT2D eigenvalue weighted by Crippen LogP contribution is 2.18. The SMILES string of the molecule is N#CCCN(CC#N)CCCn1nc(Cc2ccc(Cl)cc2)c2ccccc2c1=O. The predicted octanol–water partition coefficient (Wildman–Crippen LogP) is 3.77. The Labute approximate surface area is 180 Å². The van der Waals surface area contributed by atoms with Crippen molar-refractivity contribution in [3.8, 4) is 12.1 Å². The molecule has 1 heterocycles. The molecule has 3 aromatic rings. The molecule has 0 aliphatic rings. The van der Waals surface area contributed by atoms with Gasteiger partial charge in [-0.15, -0.1) is 0 Å². The second-order valence-electron chi connectivity index (χ2n) is 7.02. The Balaban J connectivity index is 1.83. The van der Waals surface area contributed by atoms with Crippen LogP contribution in [0.2, 0.25) is 5.02 Å². The fourth-order valence-electron chi connectivity index (χ4n) is 3.41. The highest BCUT2D eigenvalue weighted by Gasteiger charge is 2.12. The van der Waals surface area contributed by atoms with Crippen LogP contribution in [0.1, 0.15) is 24.1 Å². The summed E-state index contributed by atoms with van der Waals surface area (Å²) in [5.74, 6) is 0. The highest BCUT2D eigenvalue weighted by molar-refractivity contribution is 6.30. The number of rotatable bonds is 9. The van der Waals surface area contributed by atoms with Crippen LogP contribution in [0.3, 0.4) is 0 Å². The first kappa shape index (κ1) is 21.5. The van der Waals surface area contributed by atoms with E-state index in [2.05, 4.69) is 17.2 Å². The number of aromatic nitrogens is 2. The van der Waals surface area contributed by atoms with Gasteiger partial charge in [-0.1, -0.05) is 41.9 Å². The van der Waals surface area contributed by atoms with Crippen LogP contribution in [0.4, 0.5) is 0 Å². The average molecular weight is 420 g/mol. The van der Waals surface area contributed by atoms with Crippen molar-refractivity contribution in [2.24, 2.45) is 0 Å². The monoisotopic (exact) mass is 419 g/mol. The van der Waals surface area contributed by atoms with Crippen LogP contribution in [-0.4, -0.2) is 34.3 Å². The minimum Gasteiger partial charge on any atom is -0.289 e. The minimum absolute atomic E-state index is 0.116. The summed E-state index contributed by atoms with van der Waals surface area (Å²) in [5, 5.41) is 24.6. The van der Waals surface area contributed by atoms with Crippen LogP contribution in [0.5, 0.6) is 0 Å². The van der Waals surface area contributed by atoms with Gasteiger partial charge in [-0.05, 0) is 30.2 Å². The first-order valence-electron chi connectivity index (χ1n) is 9.82. The summed E-state index contributed by atoms with van der Waals surface area (Å²) in [6.07, 6.45) is 1.64. The van der Waals surface area contributed by atoms with E-state index in [-0.39, 0.29) is 12.1 Å². The molecule has 152 valence electrons. The number of benzene rings is 2. The van der Waals surface area contributed by atoms with Crippen LogP contribution < -0.4 is 5.56 Å². The Morgan fingerprint density at radius 2 is 1.73 bits per heavy atom. The summed E-state index contributed by atoms with van der Waals surface area (Å²) in [4.78, 5) is 14.8. The molecule has 0 N–H and O–H groups in total. The van der Waals surface area contributed by atoms with Crippen molar-refractivity contribution in [1.29, 1.82) is 10.5 Å². The Morgan fingerprint density at radius 3 is 2.43 bits per heavy atom. The number of fused-ring (bicyclic) bond motifs is 1. The first-order chi connectivity index (χ1) is 14.6. The van der Waals surface area contributed by atoms with Crippen molar-refractivity contribution in [1.82, 2.24) is 14.7 Å². The van der Waals surface area contributed by atoms with E-state index in [4.69, 9.17) is 22.1 Å². The molecule has 0 spiro atoms. The molecular formula is C23H22ClN5O. The van der Waals surface area contributed by atoms with Gasteiger partial charge in [0.15, 0.2) is 0 Å². The van der Waals surface area contributed by atoms with Crippen molar-refractivity contribution in [2.45, 2.75) is 25.8 Å². The van der Waals surface area contributed by atoms with Gasteiger partial charge in [0.1, 0.15) is 0 Å². The lowest BCUT2D eigenvalue weighted by Crippen LogP contribution is -2.30. The normalized spacial score (nSPS) is 10.8. The van der Waals surface area contributed by atoms with Crippen LogP contribution >= 0.6 is 11.6 Å². The predicted molar refractivity (Wildman–Crippen MR) is 117 cm³/mol. The standard InChI is InChI=1S/C23H22ClN5O/c24-19-9-7-18(8-10-19)17-22-20-5-1-2-6-21(20)23(30)29(27-22)15-4-14-28(16-12-26)13-3-11-25/h1-2,5-10H,3-4,13-17H2. The van der Waals surface area contributed by atoms with E-state index >= 15 is 0 Å².